The average molecular weight is 257 g/mol. The topological polar surface area (TPSA) is 58.6 Å². The van der Waals surface area contributed by atoms with E-state index >= 15 is 0 Å². The first-order valence-electron chi connectivity index (χ1n) is 5.70. The molecule has 0 radical (unpaired) electrons. The van der Waals surface area contributed by atoms with Crippen molar-refractivity contribution in [3.8, 4) is 0 Å². The first kappa shape index (κ1) is 14.2. The van der Waals surface area contributed by atoms with Gasteiger partial charge in [0, 0.05) is 18.0 Å². The monoisotopic (exact) mass is 257 g/mol. The Labute approximate surface area is 106 Å². The van der Waals surface area contributed by atoms with Gasteiger partial charge >= 0.3 is 5.97 Å². The van der Waals surface area contributed by atoms with Gasteiger partial charge in [0.05, 0.1) is 6.61 Å². The predicted octanol–water partition coefficient (Wildman–Crippen LogP) is 2.28. The first-order chi connectivity index (χ1) is 8.19. The number of hydrogen-bond acceptors (Lipinski definition) is 4. The molecule has 17 heavy (non-hydrogen) atoms. The van der Waals surface area contributed by atoms with Crippen LogP contribution >= 0.6 is 11.3 Å². The van der Waals surface area contributed by atoms with E-state index in [4.69, 9.17) is 9.84 Å². The minimum Gasteiger partial charge on any atom is -0.480 e. The van der Waals surface area contributed by atoms with Crippen molar-refractivity contribution in [1.29, 1.82) is 0 Å². The second kappa shape index (κ2) is 7.42. The molecule has 0 spiro atoms. The SMILES string of the molecule is CCCC(NC(COC)C(=O)O)c1cccs1. The highest BCUT2D eigenvalue weighted by molar-refractivity contribution is 7.10. The van der Waals surface area contributed by atoms with E-state index in [0.29, 0.717) is 0 Å². The van der Waals surface area contributed by atoms with E-state index < -0.39 is 12.0 Å². The molecule has 2 N–H and O–H groups in total. The van der Waals surface area contributed by atoms with Gasteiger partial charge in [-0.3, -0.25) is 10.1 Å². The summed E-state index contributed by atoms with van der Waals surface area (Å²) in [6, 6.07) is 3.45. The van der Waals surface area contributed by atoms with E-state index in [1.807, 2.05) is 17.5 Å². The van der Waals surface area contributed by atoms with Gasteiger partial charge in [0.25, 0.3) is 0 Å². The van der Waals surface area contributed by atoms with Crippen LogP contribution in [0.3, 0.4) is 0 Å². The van der Waals surface area contributed by atoms with Crippen LogP contribution in [0.25, 0.3) is 0 Å². The Morgan fingerprint density at radius 2 is 2.41 bits per heavy atom. The number of carbonyl (C=O) groups is 1. The number of rotatable bonds is 8. The molecule has 2 unspecified atom stereocenters. The van der Waals surface area contributed by atoms with Crippen molar-refractivity contribution < 1.29 is 14.6 Å². The lowest BCUT2D eigenvalue weighted by Gasteiger charge is -2.21. The molecule has 1 heterocycles. The Kier molecular flexibility index (Phi) is 6.18. The van der Waals surface area contributed by atoms with E-state index in [-0.39, 0.29) is 12.6 Å². The van der Waals surface area contributed by atoms with Crippen LogP contribution < -0.4 is 5.32 Å². The summed E-state index contributed by atoms with van der Waals surface area (Å²) >= 11 is 1.65. The van der Waals surface area contributed by atoms with Crippen molar-refractivity contribution in [1.82, 2.24) is 5.32 Å². The lowest BCUT2D eigenvalue weighted by atomic mass is 10.1. The number of carboxylic acid groups (broad SMARTS) is 1. The molecule has 1 rings (SSSR count). The van der Waals surface area contributed by atoms with E-state index in [1.54, 1.807) is 11.3 Å². The molecule has 0 fully saturated rings. The highest BCUT2D eigenvalue weighted by Crippen LogP contribution is 2.23. The van der Waals surface area contributed by atoms with Gasteiger partial charge in [-0.1, -0.05) is 19.4 Å². The van der Waals surface area contributed by atoms with Crippen LogP contribution in [0.15, 0.2) is 17.5 Å². The molecule has 1 aromatic heterocycles. The quantitative estimate of drug-likeness (QED) is 0.750. The van der Waals surface area contributed by atoms with Crippen LogP contribution in [0.2, 0.25) is 0 Å². The Balaban J connectivity index is 2.67. The molecule has 5 heteroatoms. The van der Waals surface area contributed by atoms with Crippen molar-refractivity contribution in [3.05, 3.63) is 22.4 Å². The zero-order valence-electron chi connectivity index (χ0n) is 10.2. The summed E-state index contributed by atoms with van der Waals surface area (Å²) in [6.45, 7) is 2.27. The van der Waals surface area contributed by atoms with Gasteiger partial charge < -0.3 is 9.84 Å². The first-order valence-corrected chi connectivity index (χ1v) is 6.58. The summed E-state index contributed by atoms with van der Waals surface area (Å²) < 4.78 is 4.92. The van der Waals surface area contributed by atoms with Crippen molar-refractivity contribution >= 4 is 17.3 Å². The summed E-state index contributed by atoms with van der Waals surface area (Å²) in [7, 11) is 1.51. The summed E-state index contributed by atoms with van der Waals surface area (Å²) in [6.07, 6.45) is 1.93. The number of hydrogen-bond donors (Lipinski definition) is 2. The Morgan fingerprint density at radius 1 is 1.65 bits per heavy atom. The minimum absolute atomic E-state index is 0.0937. The molecule has 0 amide bonds. The Bertz CT molecular complexity index is 327. The van der Waals surface area contributed by atoms with E-state index in [1.165, 1.54) is 12.0 Å². The van der Waals surface area contributed by atoms with Crippen LogP contribution in [-0.4, -0.2) is 30.8 Å². The molecule has 0 bridgehead atoms. The Morgan fingerprint density at radius 3 is 2.88 bits per heavy atom. The molecule has 0 saturated heterocycles. The van der Waals surface area contributed by atoms with Crippen molar-refractivity contribution in [2.24, 2.45) is 0 Å². The van der Waals surface area contributed by atoms with Crippen molar-refractivity contribution in [3.63, 3.8) is 0 Å². The lowest BCUT2D eigenvalue weighted by molar-refractivity contribution is -0.141. The van der Waals surface area contributed by atoms with Gasteiger partial charge in [0.1, 0.15) is 6.04 Å². The third-order valence-corrected chi connectivity index (χ3v) is 3.48. The fourth-order valence-electron chi connectivity index (χ4n) is 1.69. The average Bonchev–Trinajstić information content (AvgIpc) is 2.80. The van der Waals surface area contributed by atoms with Gasteiger partial charge in [-0.25, -0.2) is 0 Å². The molecule has 4 nitrogen and oxygen atoms in total. The second-order valence-corrected chi connectivity index (χ2v) is 4.85. The Hall–Kier alpha value is -0.910. The molecule has 0 aliphatic heterocycles. The van der Waals surface area contributed by atoms with Gasteiger partial charge in [-0.2, -0.15) is 0 Å². The van der Waals surface area contributed by atoms with Crippen LogP contribution in [0.4, 0.5) is 0 Å². The van der Waals surface area contributed by atoms with E-state index in [0.717, 1.165) is 12.8 Å². The van der Waals surface area contributed by atoms with Crippen molar-refractivity contribution in [2.75, 3.05) is 13.7 Å². The maximum absolute atomic E-state index is 11.1. The van der Waals surface area contributed by atoms with Crippen LogP contribution in [0.1, 0.15) is 30.7 Å². The summed E-state index contributed by atoms with van der Waals surface area (Å²) in [4.78, 5) is 12.2. The van der Waals surface area contributed by atoms with Gasteiger partial charge in [0.15, 0.2) is 0 Å². The smallest absolute Gasteiger partial charge is 0.323 e. The lowest BCUT2D eigenvalue weighted by Crippen LogP contribution is -2.42. The number of ether oxygens (including phenoxy) is 1. The van der Waals surface area contributed by atoms with Crippen LogP contribution in [0.5, 0.6) is 0 Å². The highest BCUT2D eigenvalue weighted by atomic mass is 32.1. The van der Waals surface area contributed by atoms with E-state index in [2.05, 4.69) is 12.2 Å². The molecular weight excluding hydrogens is 238 g/mol. The third-order valence-electron chi connectivity index (χ3n) is 2.50. The fraction of sp³-hybridized carbons (Fsp3) is 0.583. The summed E-state index contributed by atoms with van der Waals surface area (Å²) in [5.41, 5.74) is 0. The standard InChI is InChI=1S/C12H19NO3S/c1-3-5-9(11-6-4-7-17-11)13-10(8-16-2)12(14)15/h4,6-7,9-10,13H,3,5,8H2,1-2H3,(H,14,15). The predicted molar refractivity (Wildman–Crippen MR) is 68.4 cm³/mol. The molecule has 0 saturated carbocycles. The minimum atomic E-state index is -0.871. The second-order valence-electron chi connectivity index (χ2n) is 3.87. The molecule has 96 valence electrons. The maximum Gasteiger partial charge on any atom is 0.323 e. The molecule has 0 aromatic carbocycles. The van der Waals surface area contributed by atoms with Gasteiger partial charge in [-0.05, 0) is 17.9 Å². The number of methoxy groups -OCH3 is 1. The number of nitrogens with one attached hydrogen (secondary N) is 1. The molecule has 0 aliphatic rings. The zero-order valence-corrected chi connectivity index (χ0v) is 11.0. The maximum atomic E-state index is 11.1. The molecule has 1 aromatic rings. The third kappa shape index (κ3) is 4.46. The van der Waals surface area contributed by atoms with Gasteiger partial charge in [0.2, 0.25) is 0 Å². The largest absolute Gasteiger partial charge is 0.480 e. The van der Waals surface area contributed by atoms with Crippen molar-refractivity contribution in [2.45, 2.75) is 31.8 Å². The molecular formula is C12H19NO3S. The van der Waals surface area contributed by atoms with Gasteiger partial charge in [-0.15, -0.1) is 11.3 Å². The van der Waals surface area contributed by atoms with E-state index in [9.17, 15) is 4.79 Å². The zero-order chi connectivity index (χ0) is 12.7. The fourth-order valence-corrected chi connectivity index (χ4v) is 2.51. The number of thiophene rings is 1. The normalized spacial score (nSPS) is 14.5. The summed E-state index contributed by atoms with van der Waals surface area (Å²) in [5, 5.41) is 14.2. The van der Waals surface area contributed by atoms with Crippen LogP contribution in [0, 0.1) is 0 Å². The number of carboxylic acids is 1. The van der Waals surface area contributed by atoms with Crippen LogP contribution in [-0.2, 0) is 9.53 Å². The molecule has 2 atom stereocenters. The highest BCUT2D eigenvalue weighted by Gasteiger charge is 2.22. The molecule has 0 aliphatic carbocycles. The summed E-state index contributed by atoms with van der Waals surface area (Å²) in [5.74, 6) is -0.871. The number of aliphatic carboxylic acids is 1.